The Morgan fingerprint density at radius 2 is 2.00 bits per heavy atom. The van der Waals surface area contributed by atoms with Crippen molar-refractivity contribution in [2.75, 3.05) is 17.7 Å². The smallest absolute Gasteiger partial charge is 0.147 e. The van der Waals surface area contributed by atoms with E-state index in [0.717, 1.165) is 11.6 Å². The van der Waals surface area contributed by atoms with Gasteiger partial charge in [-0.05, 0) is 11.8 Å². The number of aromatic nitrogens is 2. The minimum Gasteiger partial charge on any atom is -0.372 e. The van der Waals surface area contributed by atoms with Crippen molar-refractivity contribution in [3.63, 3.8) is 0 Å². The third-order valence-electron chi connectivity index (χ3n) is 2.73. The number of hydrogen-bond donors (Lipinski definition) is 2. The first-order valence-corrected chi connectivity index (χ1v) is 4.88. The zero-order chi connectivity index (χ0) is 10.2. The van der Waals surface area contributed by atoms with Gasteiger partial charge in [-0.1, -0.05) is 13.8 Å². The monoisotopic (exact) mass is 192 g/mol. The maximum atomic E-state index is 4.35. The van der Waals surface area contributed by atoms with Crippen LogP contribution in [0.2, 0.25) is 0 Å². The fourth-order valence-corrected chi connectivity index (χ4v) is 1.45. The predicted octanol–water partition coefficient (Wildman–Crippen LogP) is 1.73. The average molecular weight is 192 g/mol. The Bertz CT molecular complexity index is 335. The van der Waals surface area contributed by atoms with Crippen LogP contribution < -0.4 is 10.6 Å². The Kier molecular flexibility index (Phi) is 2.06. The van der Waals surface area contributed by atoms with Crippen molar-refractivity contribution < 1.29 is 0 Å². The summed E-state index contributed by atoms with van der Waals surface area (Å²) in [6, 6.07) is 0.545. The Balaban J connectivity index is 2.03. The van der Waals surface area contributed by atoms with Crippen LogP contribution in [0.5, 0.6) is 0 Å². The molecule has 0 spiro atoms. The van der Waals surface area contributed by atoms with Crippen molar-refractivity contribution in [3.05, 3.63) is 12.4 Å². The van der Waals surface area contributed by atoms with E-state index in [1.807, 2.05) is 7.05 Å². The molecule has 0 amide bonds. The molecule has 1 unspecified atom stereocenters. The molecular weight excluding hydrogens is 176 g/mol. The maximum Gasteiger partial charge on any atom is 0.147 e. The molecule has 0 saturated heterocycles. The van der Waals surface area contributed by atoms with Gasteiger partial charge in [0, 0.05) is 13.1 Å². The number of hydrogen-bond acceptors (Lipinski definition) is 4. The number of anilines is 2. The van der Waals surface area contributed by atoms with E-state index >= 15 is 0 Å². The van der Waals surface area contributed by atoms with Crippen LogP contribution in [-0.2, 0) is 0 Å². The van der Waals surface area contributed by atoms with Crippen molar-refractivity contribution in [1.29, 1.82) is 0 Å². The Morgan fingerprint density at radius 1 is 1.36 bits per heavy atom. The molecule has 1 fully saturated rings. The molecule has 1 aromatic rings. The largest absolute Gasteiger partial charge is 0.372 e. The summed E-state index contributed by atoms with van der Waals surface area (Å²) in [5.41, 5.74) is 0.414. The summed E-state index contributed by atoms with van der Waals surface area (Å²) in [6.07, 6.45) is 4.68. The van der Waals surface area contributed by atoms with E-state index in [-0.39, 0.29) is 0 Å². The topological polar surface area (TPSA) is 49.8 Å². The van der Waals surface area contributed by atoms with Crippen molar-refractivity contribution in [2.24, 2.45) is 5.41 Å². The van der Waals surface area contributed by atoms with Gasteiger partial charge in [0.2, 0.25) is 0 Å². The van der Waals surface area contributed by atoms with E-state index in [1.54, 1.807) is 12.4 Å². The van der Waals surface area contributed by atoms with Gasteiger partial charge in [-0.2, -0.15) is 0 Å². The van der Waals surface area contributed by atoms with Crippen molar-refractivity contribution >= 4 is 11.6 Å². The van der Waals surface area contributed by atoms with Crippen LogP contribution in [0, 0.1) is 5.41 Å². The molecule has 4 heteroatoms. The quantitative estimate of drug-likeness (QED) is 0.765. The molecule has 2 N–H and O–H groups in total. The summed E-state index contributed by atoms with van der Waals surface area (Å²) in [4.78, 5) is 8.45. The highest BCUT2D eigenvalue weighted by atomic mass is 15.1. The zero-order valence-corrected chi connectivity index (χ0v) is 8.83. The average Bonchev–Trinajstić information content (AvgIpc) is 2.74. The van der Waals surface area contributed by atoms with Gasteiger partial charge < -0.3 is 10.6 Å². The second-order valence-corrected chi connectivity index (χ2v) is 4.43. The predicted molar refractivity (Wildman–Crippen MR) is 57.4 cm³/mol. The summed E-state index contributed by atoms with van der Waals surface area (Å²) in [5.74, 6) is 1.65. The first kappa shape index (κ1) is 9.24. The van der Waals surface area contributed by atoms with Gasteiger partial charge in [0.05, 0.1) is 12.4 Å². The zero-order valence-electron chi connectivity index (χ0n) is 8.83. The van der Waals surface area contributed by atoms with Gasteiger partial charge >= 0.3 is 0 Å². The van der Waals surface area contributed by atoms with Crippen LogP contribution in [-0.4, -0.2) is 23.1 Å². The molecule has 2 rings (SSSR count). The summed E-state index contributed by atoms with van der Waals surface area (Å²) in [7, 11) is 1.84. The minimum atomic E-state index is 0.414. The second-order valence-electron chi connectivity index (χ2n) is 4.43. The highest BCUT2D eigenvalue weighted by Crippen LogP contribution is 2.46. The Morgan fingerprint density at radius 3 is 2.57 bits per heavy atom. The number of rotatable bonds is 3. The third-order valence-corrected chi connectivity index (χ3v) is 2.73. The lowest BCUT2D eigenvalue weighted by Gasteiger charge is -2.07. The van der Waals surface area contributed by atoms with E-state index < -0.39 is 0 Å². The molecule has 1 aliphatic rings. The Hall–Kier alpha value is -1.32. The fraction of sp³-hybridized carbons (Fsp3) is 0.600. The van der Waals surface area contributed by atoms with Gasteiger partial charge in [-0.15, -0.1) is 0 Å². The second kappa shape index (κ2) is 3.12. The van der Waals surface area contributed by atoms with Gasteiger partial charge in [0.15, 0.2) is 0 Å². The highest BCUT2D eigenvalue weighted by molar-refractivity contribution is 5.43. The molecule has 1 saturated carbocycles. The highest BCUT2D eigenvalue weighted by Gasteiger charge is 2.45. The third kappa shape index (κ3) is 1.78. The minimum absolute atomic E-state index is 0.414. The van der Waals surface area contributed by atoms with Gasteiger partial charge in [0.25, 0.3) is 0 Å². The molecular formula is C10H16N4. The van der Waals surface area contributed by atoms with E-state index in [2.05, 4.69) is 34.4 Å². The van der Waals surface area contributed by atoms with E-state index in [0.29, 0.717) is 11.5 Å². The van der Waals surface area contributed by atoms with Crippen LogP contribution in [0.1, 0.15) is 20.3 Å². The molecule has 4 nitrogen and oxygen atoms in total. The van der Waals surface area contributed by atoms with Gasteiger partial charge in [0.1, 0.15) is 11.6 Å². The molecule has 1 aromatic heterocycles. The maximum absolute atomic E-state index is 4.35. The first-order valence-electron chi connectivity index (χ1n) is 4.88. The van der Waals surface area contributed by atoms with Crippen molar-refractivity contribution in [3.8, 4) is 0 Å². The fourth-order valence-electron chi connectivity index (χ4n) is 1.45. The van der Waals surface area contributed by atoms with Gasteiger partial charge in [-0.3, -0.25) is 4.98 Å². The van der Waals surface area contributed by atoms with E-state index in [1.165, 1.54) is 6.42 Å². The molecule has 0 aromatic carbocycles. The lowest BCUT2D eigenvalue weighted by molar-refractivity contribution is 0.630. The molecule has 0 aliphatic heterocycles. The van der Waals surface area contributed by atoms with E-state index in [4.69, 9.17) is 0 Å². The molecule has 0 radical (unpaired) electrons. The standard InChI is InChI=1S/C10H16N4/c1-10(2)4-7(10)13-9-6-12-5-8(11-3)14-9/h5-7H,4H2,1-3H3,(H2,11,13,14). The summed E-state index contributed by atoms with van der Waals surface area (Å²) >= 11 is 0. The van der Waals surface area contributed by atoms with Crippen LogP contribution in [0.3, 0.4) is 0 Å². The van der Waals surface area contributed by atoms with Crippen molar-refractivity contribution in [1.82, 2.24) is 9.97 Å². The lowest BCUT2D eigenvalue weighted by atomic mass is 10.2. The number of nitrogens with one attached hydrogen (secondary N) is 2. The van der Waals surface area contributed by atoms with Crippen LogP contribution in [0.15, 0.2) is 12.4 Å². The molecule has 1 aliphatic carbocycles. The number of nitrogens with zero attached hydrogens (tertiary/aromatic N) is 2. The SMILES string of the molecule is CNc1cncc(NC2CC2(C)C)n1. The molecule has 76 valence electrons. The lowest BCUT2D eigenvalue weighted by Crippen LogP contribution is -2.10. The molecule has 0 bridgehead atoms. The normalized spacial score (nSPS) is 22.9. The van der Waals surface area contributed by atoms with Gasteiger partial charge in [-0.25, -0.2) is 4.98 Å². The van der Waals surface area contributed by atoms with Crippen LogP contribution >= 0.6 is 0 Å². The van der Waals surface area contributed by atoms with Crippen LogP contribution in [0.25, 0.3) is 0 Å². The van der Waals surface area contributed by atoms with Crippen molar-refractivity contribution in [2.45, 2.75) is 26.3 Å². The molecule has 1 atom stereocenters. The first-order chi connectivity index (χ1) is 6.62. The summed E-state index contributed by atoms with van der Waals surface area (Å²) < 4.78 is 0. The van der Waals surface area contributed by atoms with Crippen LogP contribution in [0.4, 0.5) is 11.6 Å². The molecule has 14 heavy (non-hydrogen) atoms. The summed E-state index contributed by atoms with van der Waals surface area (Å²) in [5, 5.41) is 6.34. The summed E-state index contributed by atoms with van der Waals surface area (Å²) in [6.45, 7) is 4.50. The Labute approximate surface area is 84.2 Å². The van der Waals surface area contributed by atoms with E-state index in [9.17, 15) is 0 Å². The molecule has 1 heterocycles.